The molecule has 1 N–H and O–H groups in total. The van der Waals surface area contributed by atoms with Crippen LogP contribution in [0.1, 0.15) is 27.7 Å². The maximum Gasteiger partial charge on any atom is 0.0594 e. The minimum Gasteiger partial charge on any atom is -0.379 e. The summed E-state index contributed by atoms with van der Waals surface area (Å²) in [6.45, 7) is 17.9. The molecule has 1 unspecified atom stereocenters. The van der Waals surface area contributed by atoms with E-state index in [0.29, 0.717) is 12.0 Å². The van der Waals surface area contributed by atoms with Gasteiger partial charge in [0.1, 0.15) is 0 Å². The molecule has 0 saturated carbocycles. The fourth-order valence-corrected chi connectivity index (χ4v) is 3.19. The summed E-state index contributed by atoms with van der Waals surface area (Å²) in [6.07, 6.45) is 0. The molecule has 1 atom stereocenters. The van der Waals surface area contributed by atoms with Gasteiger partial charge < -0.3 is 10.1 Å². The summed E-state index contributed by atoms with van der Waals surface area (Å²) in [5.74, 6) is 0.716. The Balaban J connectivity index is 1.86. The molecule has 112 valence electrons. The second-order valence-corrected chi connectivity index (χ2v) is 7.00. The third-order valence-electron chi connectivity index (χ3n) is 4.43. The maximum absolute atomic E-state index is 5.42. The van der Waals surface area contributed by atoms with E-state index in [4.69, 9.17) is 4.74 Å². The van der Waals surface area contributed by atoms with Crippen LogP contribution in [0.5, 0.6) is 0 Å². The topological polar surface area (TPSA) is 27.7 Å². The molecule has 0 aliphatic carbocycles. The third-order valence-corrected chi connectivity index (χ3v) is 4.43. The second kappa shape index (κ2) is 6.53. The van der Waals surface area contributed by atoms with Crippen LogP contribution in [0.25, 0.3) is 0 Å². The first-order valence-electron chi connectivity index (χ1n) is 7.77. The van der Waals surface area contributed by atoms with Crippen LogP contribution < -0.4 is 5.32 Å². The Hall–Kier alpha value is -0.160. The van der Waals surface area contributed by atoms with E-state index in [1.54, 1.807) is 0 Å². The van der Waals surface area contributed by atoms with Gasteiger partial charge in [0.15, 0.2) is 0 Å². The average molecular weight is 269 g/mol. The molecular weight excluding hydrogens is 238 g/mol. The predicted molar refractivity (Wildman–Crippen MR) is 79.5 cm³/mol. The lowest BCUT2D eigenvalue weighted by atomic mass is 9.93. The summed E-state index contributed by atoms with van der Waals surface area (Å²) in [5, 5.41) is 3.68. The van der Waals surface area contributed by atoms with Gasteiger partial charge in [-0.05, 0) is 19.8 Å². The van der Waals surface area contributed by atoms with E-state index in [-0.39, 0.29) is 5.54 Å². The highest BCUT2D eigenvalue weighted by Crippen LogP contribution is 2.20. The van der Waals surface area contributed by atoms with Crippen LogP contribution in [-0.4, -0.2) is 73.9 Å². The van der Waals surface area contributed by atoms with Crippen LogP contribution in [0.4, 0.5) is 0 Å². The van der Waals surface area contributed by atoms with Crippen LogP contribution in [0.3, 0.4) is 0 Å². The largest absolute Gasteiger partial charge is 0.379 e. The standard InChI is InChI=1S/C15H31N3O/c1-13(2)14-11-16-15(3,4)12-18(14)6-5-17-7-9-19-10-8-17/h13-14,16H,5-12H2,1-4H3. The monoisotopic (exact) mass is 269 g/mol. The van der Waals surface area contributed by atoms with Crippen molar-refractivity contribution in [2.45, 2.75) is 39.3 Å². The van der Waals surface area contributed by atoms with Crippen LogP contribution >= 0.6 is 0 Å². The molecule has 2 rings (SSSR count). The van der Waals surface area contributed by atoms with Gasteiger partial charge >= 0.3 is 0 Å². The van der Waals surface area contributed by atoms with E-state index in [2.05, 4.69) is 42.8 Å². The van der Waals surface area contributed by atoms with Gasteiger partial charge in [0.05, 0.1) is 13.2 Å². The highest BCUT2D eigenvalue weighted by atomic mass is 16.5. The zero-order valence-corrected chi connectivity index (χ0v) is 13.1. The average Bonchev–Trinajstić information content (AvgIpc) is 2.36. The molecule has 0 aromatic carbocycles. The van der Waals surface area contributed by atoms with Crippen molar-refractivity contribution in [1.82, 2.24) is 15.1 Å². The van der Waals surface area contributed by atoms with Gasteiger partial charge in [-0.2, -0.15) is 0 Å². The van der Waals surface area contributed by atoms with Crippen molar-refractivity contribution < 1.29 is 4.74 Å². The van der Waals surface area contributed by atoms with Gasteiger partial charge in [-0.1, -0.05) is 13.8 Å². The molecule has 0 amide bonds. The highest BCUT2D eigenvalue weighted by molar-refractivity contribution is 4.93. The molecule has 2 aliphatic rings. The third kappa shape index (κ3) is 4.42. The van der Waals surface area contributed by atoms with Gasteiger partial charge in [-0.15, -0.1) is 0 Å². The number of hydrogen-bond donors (Lipinski definition) is 1. The highest BCUT2D eigenvalue weighted by Gasteiger charge is 2.33. The molecule has 0 bridgehead atoms. The Morgan fingerprint density at radius 1 is 1.21 bits per heavy atom. The minimum absolute atomic E-state index is 0.246. The van der Waals surface area contributed by atoms with Crippen molar-refractivity contribution in [3.63, 3.8) is 0 Å². The summed E-state index contributed by atoms with van der Waals surface area (Å²) in [5.41, 5.74) is 0.246. The van der Waals surface area contributed by atoms with E-state index >= 15 is 0 Å². The number of hydrogen-bond acceptors (Lipinski definition) is 4. The first-order chi connectivity index (χ1) is 8.98. The molecule has 2 aliphatic heterocycles. The van der Waals surface area contributed by atoms with Crippen LogP contribution in [0.15, 0.2) is 0 Å². The molecule has 2 heterocycles. The van der Waals surface area contributed by atoms with Crippen LogP contribution in [-0.2, 0) is 4.74 Å². The van der Waals surface area contributed by atoms with Gasteiger partial charge in [-0.3, -0.25) is 9.80 Å². The summed E-state index contributed by atoms with van der Waals surface area (Å²) >= 11 is 0. The number of ether oxygens (including phenoxy) is 1. The molecule has 2 fully saturated rings. The fourth-order valence-electron chi connectivity index (χ4n) is 3.19. The van der Waals surface area contributed by atoms with E-state index < -0.39 is 0 Å². The first-order valence-corrected chi connectivity index (χ1v) is 7.77. The summed E-state index contributed by atoms with van der Waals surface area (Å²) in [6, 6.07) is 0.675. The Bertz CT molecular complexity index is 275. The van der Waals surface area contributed by atoms with E-state index in [1.807, 2.05) is 0 Å². The molecule has 0 radical (unpaired) electrons. The van der Waals surface area contributed by atoms with E-state index in [0.717, 1.165) is 39.4 Å². The number of morpholine rings is 1. The van der Waals surface area contributed by atoms with Gasteiger partial charge in [0.2, 0.25) is 0 Å². The SMILES string of the molecule is CC(C)C1CNC(C)(C)CN1CCN1CCOCC1. The predicted octanol–water partition coefficient (Wildman–Crippen LogP) is 1.03. The van der Waals surface area contributed by atoms with Crippen molar-refractivity contribution in [3.05, 3.63) is 0 Å². The Labute approximate surface area is 118 Å². The Morgan fingerprint density at radius 2 is 1.89 bits per heavy atom. The molecule has 0 aromatic heterocycles. The molecule has 0 spiro atoms. The normalized spacial score (nSPS) is 29.8. The van der Waals surface area contributed by atoms with Crippen molar-refractivity contribution in [2.75, 3.05) is 52.5 Å². The zero-order chi connectivity index (χ0) is 13.9. The lowest BCUT2D eigenvalue weighted by Gasteiger charge is -2.47. The molecule has 2 saturated heterocycles. The lowest BCUT2D eigenvalue weighted by Crippen LogP contribution is -2.63. The van der Waals surface area contributed by atoms with E-state index in [9.17, 15) is 0 Å². The van der Waals surface area contributed by atoms with Gasteiger partial charge in [-0.25, -0.2) is 0 Å². The molecular formula is C15H31N3O. The van der Waals surface area contributed by atoms with Crippen LogP contribution in [0.2, 0.25) is 0 Å². The van der Waals surface area contributed by atoms with Crippen molar-refractivity contribution >= 4 is 0 Å². The number of piperazine rings is 1. The smallest absolute Gasteiger partial charge is 0.0594 e. The quantitative estimate of drug-likeness (QED) is 0.825. The fraction of sp³-hybridized carbons (Fsp3) is 1.00. The summed E-state index contributed by atoms with van der Waals surface area (Å²) in [4.78, 5) is 5.23. The number of nitrogens with one attached hydrogen (secondary N) is 1. The van der Waals surface area contributed by atoms with Crippen molar-refractivity contribution in [3.8, 4) is 0 Å². The maximum atomic E-state index is 5.42. The number of nitrogens with zero attached hydrogens (tertiary/aromatic N) is 2. The summed E-state index contributed by atoms with van der Waals surface area (Å²) < 4.78 is 5.42. The lowest BCUT2D eigenvalue weighted by molar-refractivity contribution is 0.0182. The minimum atomic E-state index is 0.246. The Kier molecular flexibility index (Phi) is 5.23. The van der Waals surface area contributed by atoms with Crippen LogP contribution in [0, 0.1) is 5.92 Å². The second-order valence-electron chi connectivity index (χ2n) is 7.00. The number of rotatable bonds is 4. The van der Waals surface area contributed by atoms with Gasteiger partial charge in [0.25, 0.3) is 0 Å². The van der Waals surface area contributed by atoms with Crippen molar-refractivity contribution in [1.29, 1.82) is 0 Å². The first kappa shape index (κ1) is 15.2. The zero-order valence-electron chi connectivity index (χ0n) is 13.1. The molecule has 0 aromatic rings. The van der Waals surface area contributed by atoms with Crippen molar-refractivity contribution in [2.24, 2.45) is 5.92 Å². The molecule has 4 heteroatoms. The molecule has 19 heavy (non-hydrogen) atoms. The summed E-state index contributed by atoms with van der Waals surface area (Å²) in [7, 11) is 0. The van der Waals surface area contributed by atoms with E-state index in [1.165, 1.54) is 13.1 Å². The molecule has 4 nitrogen and oxygen atoms in total. The van der Waals surface area contributed by atoms with Gasteiger partial charge in [0, 0.05) is 50.8 Å². The Morgan fingerprint density at radius 3 is 2.53 bits per heavy atom.